The van der Waals surface area contributed by atoms with E-state index >= 15 is 0 Å². The van der Waals surface area contributed by atoms with Crippen LogP contribution in [-0.4, -0.2) is 17.6 Å². The quantitative estimate of drug-likeness (QED) is 0.891. The molecule has 3 nitrogen and oxygen atoms in total. The molecule has 19 heavy (non-hydrogen) atoms. The normalized spacial score (nSPS) is 18.0. The third-order valence-electron chi connectivity index (χ3n) is 3.70. The summed E-state index contributed by atoms with van der Waals surface area (Å²) in [6, 6.07) is 7.03. The highest BCUT2D eigenvalue weighted by Crippen LogP contribution is 2.24. The maximum atomic E-state index is 11.9. The second-order valence-electron chi connectivity index (χ2n) is 5.15. The lowest BCUT2D eigenvalue weighted by Crippen LogP contribution is -2.34. The second-order valence-corrected chi connectivity index (χ2v) is 5.58. The van der Waals surface area contributed by atoms with Crippen LogP contribution in [0.15, 0.2) is 24.3 Å². The van der Waals surface area contributed by atoms with Crippen molar-refractivity contribution in [2.45, 2.75) is 38.2 Å². The Morgan fingerprint density at radius 3 is 2.53 bits per heavy atom. The molecular weight excluding hydrogens is 262 g/mol. The molecule has 1 atom stereocenters. The lowest BCUT2D eigenvalue weighted by Gasteiger charge is -2.21. The molecule has 0 radical (unpaired) electrons. The van der Waals surface area contributed by atoms with Gasteiger partial charge in [0, 0.05) is 17.5 Å². The molecule has 1 aliphatic rings. The second kappa shape index (κ2) is 6.92. The maximum Gasteiger partial charge on any atom is 0.223 e. The van der Waals surface area contributed by atoms with E-state index in [9.17, 15) is 9.90 Å². The number of halogens is 1. The Labute approximate surface area is 119 Å². The van der Waals surface area contributed by atoms with Gasteiger partial charge in [0.05, 0.1) is 6.10 Å². The Balaban J connectivity index is 1.80. The molecule has 1 saturated carbocycles. The lowest BCUT2D eigenvalue weighted by atomic mass is 9.88. The van der Waals surface area contributed by atoms with Crippen LogP contribution < -0.4 is 5.32 Å². The van der Waals surface area contributed by atoms with Crippen LogP contribution >= 0.6 is 11.6 Å². The number of hydrogen-bond donors (Lipinski definition) is 2. The van der Waals surface area contributed by atoms with E-state index < -0.39 is 6.10 Å². The van der Waals surface area contributed by atoms with Gasteiger partial charge < -0.3 is 10.4 Å². The van der Waals surface area contributed by atoms with Crippen LogP contribution in [0.2, 0.25) is 5.02 Å². The van der Waals surface area contributed by atoms with Crippen LogP contribution in [0.25, 0.3) is 0 Å². The average molecular weight is 282 g/mol. The van der Waals surface area contributed by atoms with Crippen LogP contribution in [0, 0.1) is 5.92 Å². The van der Waals surface area contributed by atoms with Gasteiger partial charge in [0.1, 0.15) is 0 Å². The first-order chi connectivity index (χ1) is 9.16. The zero-order chi connectivity index (χ0) is 13.7. The molecule has 1 aromatic rings. The lowest BCUT2D eigenvalue weighted by molar-refractivity contribution is -0.126. The van der Waals surface area contributed by atoms with Gasteiger partial charge in [-0.1, -0.05) is 43.0 Å². The van der Waals surface area contributed by atoms with Gasteiger partial charge >= 0.3 is 0 Å². The molecule has 0 heterocycles. The number of benzene rings is 1. The number of aliphatic hydroxyl groups is 1. The Morgan fingerprint density at radius 2 is 1.89 bits per heavy atom. The first-order valence-corrected chi connectivity index (χ1v) is 7.26. The van der Waals surface area contributed by atoms with Crippen molar-refractivity contribution in [2.24, 2.45) is 5.92 Å². The number of rotatable bonds is 4. The summed E-state index contributed by atoms with van der Waals surface area (Å²) >= 11 is 5.79. The zero-order valence-electron chi connectivity index (χ0n) is 10.9. The van der Waals surface area contributed by atoms with Crippen LogP contribution in [0.1, 0.15) is 43.8 Å². The van der Waals surface area contributed by atoms with Crippen LogP contribution in [0.4, 0.5) is 0 Å². The van der Waals surface area contributed by atoms with Crippen molar-refractivity contribution in [3.8, 4) is 0 Å². The monoisotopic (exact) mass is 281 g/mol. The smallest absolute Gasteiger partial charge is 0.223 e. The van der Waals surface area contributed by atoms with E-state index in [-0.39, 0.29) is 18.4 Å². The fraction of sp³-hybridized carbons (Fsp3) is 0.533. The summed E-state index contributed by atoms with van der Waals surface area (Å²) < 4.78 is 0. The molecule has 0 unspecified atom stereocenters. The van der Waals surface area contributed by atoms with Gasteiger partial charge in [-0.25, -0.2) is 0 Å². The minimum absolute atomic E-state index is 0.0766. The number of hydrogen-bond acceptors (Lipinski definition) is 2. The molecular formula is C15H20ClNO2. The van der Waals surface area contributed by atoms with E-state index in [1.54, 1.807) is 24.3 Å². The highest BCUT2D eigenvalue weighted by molar-refractivity contribution is 6.30. The Kier molecular flexibility index (Phi) is 5.23. The van der Waals surface area contributed by atoms with Crippen molar-refractivity contribution in [1.82, 2.24) is 5.32 Å². The van der Waals surface area contributed by atoms with E-state index in [1.807, 2.05) is 0 Å². The highest BCUT2D eigenvalue weighted by atomic mass is 35.5. The van der Waals surface area contributed by atoms with Crippen molar-refractivity contribution >= 4 is 17.5 Å². The van der Waals surface area contributed by atoms with E-state index in [4.69, 9.17) is 11.6 Å². The van der Waals surface area contributed by atoms with Gasteiger partial charge in [-0.3, -0.25) is 4.79 Å². The molecule has 1 amide bonds. The van der Waals surface area contributed by atoms with Crippen LogP contribution in [-0.2, 0) is 4.79 Å². The highest BCUT2D eigenvalue weighted by Gasteiger charge is 2.21. The minimum atomic E-state index is -0.676. The summed E-state index contributed by atoms with van der Waals surface area (Å²) in [7, 11) is 0. The topological polar surface area (TPSA) is 49.3 Å². The summed E-state index contributed by atoms with van der Waals surface area (Å²) in [5.74, 6) is 0.207. The van der Waals surface area contributed by atoms with Gasteiger partial charge in [0.15, 0.2) is 0 Å². The van der Waals surface area contributed by atoms with E-state index in [2.05, 4.69) is 5.32 Å². The van der Waals surface area contributed by atoms with Crippen molar-refractivity contribution in [3.63, 3.8) is 0 Å². The molecule has 0 aromatic heterocycles. The van der Waals surface area contributed by atoms with Crippen molar-refractivity contribution in [1.29, 1.82) is 0 Å². The summed E-state index contributed by atoms with van der Waals surface area (Å²) in [6.07, 6.45) is 4.78. The van der Waals surface area contributed by atoms with Crippen molar-refractivity contribution in [2.75, 3.05) is 6.54 Å². The molecule has 1 aromatic carbocycles. The molecule has 4 heteroatoms. The SMILES string of the molecule is O=C(NC[C@@H](O)c1ccc(Cl)cc1)C1CCCCC1. The van der Waals surface area contributed by atoms with Crippen molar-refractivity contribution in [3.05, 3.63) is 34.9 Å². The summed E-state index contributed by atoms with van der Waals surface area (Å²) in [6.45, 7) is 0.261. The number of aliphatic hydroxyl groups excluding tert-OH is 1. The largest absolute Gasteiger partial charge is 0.387 e. The fourth-order valence-electron chi connectivity index (χ4n) is 2.51. The molecule has 104 valence electrons. The molecule has 0 bridgehead atoms. The fourth-order valence-corrected chi connectivity index (χ4v) is 2.64. The molecule has 1 fully saturated rings. The van der Waals surface area contributed by atoms with Crippen LogP contribution in [0.5, 0.6) is 0 Å². The third-order valence-corrected chi connectivity index (χ3v) is 3.95. The van der Waals surface area contributed by atoms with Gasteiger partial charge in [0.2, 0.25) is 5.91 Å². The molecule has 2 rings (SSSR count). The first kappa shape index (κ1) is 14.4. The minimum Gasteiger partial charge on any atom is -0.387 e. The average Bonchev–Trinajstić information content (AvgIpc) is 2.46. The third kappa shape index (κ3) is 4.22. The predicted molar refractivity (Wildman–Crippen MR) is 76.0 cm³/mol. The number of amides is 1. The Bertz CT molecular complexity index is 413. The molecule has 0 saturated heterocycles. The summed E-state index contributed by atoms with van der Waals surface area (Å²) in [5, 5.41) is 13.5. The van der Waals surface area contributed by atoms with Gasteiger partial charge in [-0.15, -0.1) is 0 Å². The van der Waals surface area contributed by atoms with Crippen molar-refractivity contribution < 1.29 is 9.90 Å². The maximum absolute atomic E-state index is 11.9. The molecule has 0 spiro atoms. The van der Waals surface area contributed by atoms with E-state index in [0.29, 0.717) is 5.02 Å². The number of carbonyl (C=O) groups excluding carboxylic acids is 1. The summed E-state index contributed by atoms with van der Waals surface area (Å²) in [5.41, 5.74) is 0.772. The number of nitrogens with one attached hydrogen (secondary N) is 1. The standard InChI is InChI=1S/C15H20ClNO2/c16-13-8-6-11(7-9-13)14(18)10-17-15(19)12-4-2-1-3-5-12/h6-9,12,14,18H,1-5,10H2,(H,17,19)/t14-/m1/s1. The Hall–Kier alpha value is -1.06. The number of carbonyl (C=O) groups is 1. The van der Waals surface area contributed by atoms with E-state index in [0.717, 1.165) is 31.2 Å². The van der Waals surface area contributed by atoms with Gasteiger partial charge in [-0.2, -0.15) is 0 Å². The Morgan fingerprint density at radius 1 is 1.26 bits per heavy atom. The van der Waals surface area contributed by atoms with Gasteiger partial charge in [-0.05, 0) is 30.5 Å². The van der Waals surface area contributed by atoms with Gasteiger partial charge in [0.25, 0.3) is 0 Å². The van der Waals surface area contributed by atoms with Crippen LogP contribution in [0.3, 0.4) is 0 Å². The molecule has 1 aliphatic carbocycles. The summed E-state index contributed by atoms with van der Waals surface area (Å²) in [4.78, 5) is 11.9. The predicted octanol–water partition coefficient (Wildman–Crippen LogP) is 3.07. The molecule has 2 N–H and O–H groups in total. The zero-order valence-corrected chi connectivity index (χ0v) is 11.7. The van der Waals surface area contributed by atoms with E-state index in [1.165, 1.54) is 6.42 Å². The molecule has 0 aliphatic heterocycles. The first-order valence-electron chi connectivity index (χ1n) is 6.88.